The number of nitrogens with zero attached hydrogens (tertiary/aromatic N) is 1. The molecule has 0 radical (unpaired) electrons. The second kappa shape index (κ2) is 4.91. The number of hydrogen-bond acceptors (Lipinski definition) is 3. The molecule has 0 fully saturated rings. The van der Waals surface area contributed by atoms with Crippen molar-refractivity contribution in [2.75, 3.05) is 5.73 Å². The van der Waals surface area contributed by atoms with Crippen LogP contribution in [0.4, 0.5) is 5.69 Å². The number of H-pyrrole nitrogens is 1. The average molecular weight is 220 g/mol. The minimum Gasteiger partial charge on any atom is -0.399 e. The first-order valence-electron chi connectivity index (χ1n) is 3.36. The Hall–Kier alpha value is -0.970. The number of benzene rings is 1. The van der Waals surface area contributed by atoms with Crippen LogP contribution in [0.25, 0.3) is 11.0 Å². The zero-order valence-electron chi connectivity index (χ0n) is 6.50. The Morgan fingerprint density at radius 2 is 2.08 bits per heavy atom. The topological polar surface area (TPSA) is 63.9 Å². The number of rotatable bonds is 0. The van der Waals surface area contributed by atoms with E-state index in [9.17, 15) is 0 Å². The van der Waals surface area contributed by atoms with Gasteiger partial charge in [-0.05, 0) is 18.2 Å². The zero-order valence-corrected chi connectivity index (χ0v) is 8.01. The fraction of sp³-hybridized carbons (Fsp3) is 0. The van der Waals surface area contributed by atoms with E-state index in [-0.39, 0.29) is 0 Å². The number of imidazole rings is 1. The first-order valence-corrected chi connectivity index (χ1v) is 3.97. The van der Waals surface area contributed by atoms with Crippen LogP contribution < -0.4 is 5.73 Å². The van der Waals surface area contributed by atoms with E-state index >= 15 is 0 Å². The van der Waals surface area contributed by atoms with Crippen LogP contribution in [-0.4, -0.2) is 9.97 Å². The van der Waals surface area contributed by atoms with Crippen molar-refractivity contribution >= 4 is 40.5 Å². The predicted octanol–water partition coefficient (Wildman–Crippen LogP) is 2.46. The van der Waals surface area contributed by atoms with Crippen molar-refractivity contribution in [3.63, 3.8) is 0 Å². The number of anilines is 1. The van der Waals surface area contributed by atoms with Gasteiger partial charge in [-0.15, -0.1) is 0 Å². The van der Waals surface area contributed by atoms with Crippen molar-refractivity contribution in [3.8, 4) is 0 Å². The molecule has 3 N–H and O–H groups in total. The lowest BCUT2D eigenvalue weighted by molar-refractivity contribution is 0.697. The smallest absolute Gasteiger partial charge is 0.0931 e. The standard InChI is InChI=1S/C7H7N3.Cl2O/c8-5-1-2-6-7(3-5)10-4-9-6;1-3-2/h1-4H,8H2,(H,9,10);. The summed E-state index contributed by atoms with van der Waals surface area (Å²) in [5, 5.41) is 0. The van der Waals surface area contributed by atoms with E-state index in [1.54, 1.807) is 6.33 Å². The summed E-state index contributed by atoms with van der Waals surface area (Å²) in [5.41, 5.74) is 8.22. The predicted molar refractivity (Wildman–Crippen MR) is 53.3 cm³/mol. The molecule has 0 atom stereocenters. The van der Waals surface area contributed by atoms with Gasteiger partial charge in [0.2, 0.25) is 0 Å². The van der Waals surface area contributed by atoms with Crippen molar-refractivity contribution in [2.24, 2.45) is 0 Å². The van der Waals surface area contributed by atoms with Crippen molar-refractivity contribution in [1.29, 1.82) is 0 Å². The number of nitrogen functional groups attached to an aromatic ring is 1. The third-order valence-electron chi connectivity index (χ3n) is 1.45. The van der Waals surface area contributed by atoms with Crippen LogP contribution in [0.15, 0.2) is 24.5 Å². The molecule has 70 valence electrons. The molecule has 2 rings (SSSR count). The van der Waals surface area contributed by atoms with Gasteiger partial charge in [0, 0.05) is 5.69 Å². The third kappa shape index (κ3) is 2.77. The molecular formula is C7H7Cl2N3O. The van der Waals surface area contributed by atoms with Crippen molar-refractivity contribution in [1.82, 2.24) is 9.97 Å². The van der Waals surface area contributed by atoms with E-state index in [1.807, 2.05) is 18.2 Å². The molecule has 0 spiro atoms. The van der Waals surface area contributed by atoms with E-state index in [0.717, 1.165) is 16.7 Å². The number of nitrogens with one attached hydrogen (secondary N) is 1. The van der Waals surface area contributed by atoms with Gasteiger partial charge in [-0.3, -0.25) is 0 Å². The van der Waals surface area contributed by atoms with E-state index in [2.05, 4.69) is 37.5 Å². The van der Waals surface area contributed by atoms with E-state index < -0.39 is 0 Å². The highest BCUT2D eigenvalue weighted by molar-refractivity contribution is 6.24. The summed E-state index contributed by atoms with van der Waals surface area (Å²) in [6.45, 7) is 0. The van der Waals surface area contributed by atoms with Gasteiger partial charge in [0.15, 0.2) is 0 Å². The molecule has 13 heavy (non-hydrogen) atoms. The Labute approximate surface area is 85.0 Å². The van der Waals surface area contributed by atoms with Crippen LogP contribution in [0.2, 0.25) is 0 Å². The van der Waals surface area contributed by atoms with Gasteiger partial charge in [-0.2, -0.15) is 3.84 Å². The minimum atomic E-state index is 0.750. The van der Waals surface area contributed by atoms with E-state index in [1.165, 1.54) is 0 Å². The van der Waals surface area contributed by atoms with Gasteiger partial charge >= 0.3 is 0 Å². The summed E-state index contributed by atoms with van der Waals surface area (Å²) in [7, 11) is 0. The second-order valence-corrected chi connectivity index (χ2v) is 2.70. The molecule has 0 aliphatic rings. The number of halogens is 2. The molecule has 0 aliphatic heterocycles. The van der Waals surface area contributed by atoms with E-state index in [4.69, 9.17) is 5.73 Å². The molecule has 0 amide bonds. The summed E-state index contributed by atoms with van der Waals surface area (Å²) in [4.78, 5) is 7.02. The van der Waals surface area contributed by atoms with Crippen LogP contribution in [0.5, 0.6) is 0 Å². The fourth-order valence-electron chi connectivity index (χ4n) is 0.949. The van der Waals surface area contributed by atoms with Gasteiger partial charge in [0.25, 0.3) is 0 Å². The molecule has 1 heterocycles. The summed E-state index contributed by atoms with van der Waals surface area (Å²) < 4.78 is 3.19. The Balaban J connectivity index is 0.000000251. The minimum absolute atomic E-state index is 0.750. The Bertz CT molecular complexity index is 377. The van der Waals surface area contributed by atoms with Gasteiger partial charge in [-0.1, -0.05) is 0 Å². The van der Waals surface area contributed by atoms with Gasteiger partial charge < -0.3 is 10.7 Å². The number of aromatic nitrogens is 2. The Morgan fingerprint density at radius 1 is 1.38 bits per heavy atom. The molecule has 4 nitrogen and oxygen atoms in total. The molecule has 0 aliphatic carbocycles. The normalized spacial score (nSPS) is 9.38. The quantitative estimate of drug-likeness (QED) is 0.670. The monoisotopic (exact) mass is 219 g/mol. The molecule has 1 aromatic heterocycles. The Morgan fingerprint density at radius 3 is 2.77 bits per heavy atom. The summed E-state index contributed by atoms with van der Waals surface area (Å²) in [6, 6.07) is 5.60. The highest BCUT2D eigenvalue weighted by Crippen LogP contribution is 2.11. The fourth-order valence-corrected chi connectivity index (χ4v) is 0.949. The number of fused-ring (bicyclic) bond motifs is 1. The van der Waals surface area contributed by atoms with Crippen LogP contribution in [0, 0.1) is 0 Å². The summed E-state index contributed by atoms with van der Waals surface area (Å²) in [5.74, 6) is 0. The number of aromatic amines is 1. The van der Waals surface area contributed by atoms with Crippen LogP contribution in [-0.2, 0) is 3.84 Å². The largest absolute Gasteiger partial charge is 0.399 e. The van der Waals surface area contributed by atoms with Crippen LogP contribution >= 0.6 is 23.7 Å². The van der Waals surface area contributed by atoms with E-state index in [0.29, 0.717) is 0 Å². The third-order valence-corrected chi connectivity index (χ3v) is 1.45. The average Bonchev–Trinajstić information content (AvgIpc) is 2.52. The molecule has 1 aromatic carbocycles. The van der Waals surface area contributed by atoms with Crippen molar-refractivity contribution in [3.05, 3.63) is 24.5 Å². The van der Waals surface area contributed by atoms with Crippen LogP contribution in [0.3, 0.4) is 0 Å². The highest BCUT2D eigenvalue weighted by Gasteiger charge is 1.92. The molecule has 6 heteroatoms. The van der Waals surface area contributed by atoms with Crippen molar-refractivity contribution < 1.29 is 3.84 Å². The van der Waals surface area contributed by atoms with Crippen molar-refractivity contribution in [2.45, 2.75) is 0 Å². The van der Waals surface area contributed by atoms with Gasteiger partial charge in [0.05, 0.1) is 41.1 Å². The summed E-state index contributed by atoms with van der Waals surface area (Å²) in [6.07, 6.45) is 1.66. The van der Waals surface area contributed by atoms with Gasteiger partial charge in [-0.25, -0.2) is 4.98 Å². The number of hydrogen-bond donors (Lipinski definition) is 2. The second-order valence-electron chi connectivity index (χ2n) is 2.24. The molecule has 2 aromatic rings. The number of nitrogens with two attached hydrogens (primary N) is 1. The Kier molecular flexibility index (Phi) is 3.82. The molecule has 0 saturated carbocycles. The lowest BCUT2D eigenvalue weighted by atomic mass is 10.3. The maximum Gasteiger partial charge on any atom is 0.0931 e. The SMILES string of the molecule is ClOCl.Nc1ccc2[nH]cnc2c1. The van der Waals surface area contributed by atoms with Gasteiger partial charge in [0.1, 0.15) is 0 Å². The lowest BCUT2D eigenvalue weighted by Gasteiger charge is -1.89. The molecule has 0 unspecified atom stereocenters. The first kappa shape index (κ1) is 10.1. The molecule has 0 bridgehead atoms. The lowest BCUT2D eigenvalue weighted by Crippen LogP contribution is -1.82. The maximum absolute atomic E-state index is 5.53. The maximum atomic E-state index is 5.53. The zero-order chi connectivity index (χ0) is 9.68. The highest BCUT2D eigenvalue weighted by atomic mass is 35.6. The molecule has 0 saturated heterocycles. The van der Waals surface area contributed by atoms with Crippen LogP contribution in [0.1, 0.15) is 0 Å². The first-order chi connectivity index (χ1) is 6.27. The summed E-state index contributed by atoms with van der Waals surface area (Å²) >= 11 is 8.53. The molecular weight excluding hydrogens is 213 g/mol.